The van der Waals surface area contributed by atoms with E-state index in [1.165, 1.54) is 25.9 Å². The third-order valence-electron chi connectivity index (χ3n) is 4.39. The van der Waals surface area contributed by atoms with E-state index in [2.05, 4.69) is 32.4 Å². The Labute approximate surface area is 139 Å². The number of guanidine groups is 1. The normalized spacial score (nSPS) is 19.8. The first-order chi connectivity index (χ1) is 11.1. The fourth-order valence-electron chi connectivity index (χ4n) is 2.99. The quantitative estimate of drug-likeness (QED) is 0.477. The van der Waals surface area contributed by atoms with Crippen LogP contribution in [-0.2, 0) is 6.54 Å². The Bertz CT molecular complexity index is 492. The number of aryl methyl sites for hydroxylation is 2. The maximum atomic E-state index is 5.56. The van der Waals surface area contributed by atoms with Crippen LogP contribution in [0.2, 0.25) is 0 Å². The van der Waals surface area contributed by atoms with E-state index >= 15 is 0 Å². The Balaban J connectivity index is 1.63. The largest absolute Gasteiger partial charge is 0.444 e. The SMILES string of the molecule is CN=C(NCCCN1CCCC(C)C1)NCc1nc(C)c(C)o1. The molecule has 1 atom stereocenters. The van der Waals surface area contributed by atoms with Crippen molar-refractivity contribution in [1.29, 1.82) is 0 Å². The first-order valence-electron chi connectivity index (χ1n) is 8.68. The molecule has 0 aliphatic carbocycles. The molecule has 6 nitrogen and oxygen atoms in total. The third kappa shape index (κ3) is 5.86. The van der Waals surface area contributed by atoms with Crippen molar-refractivity contribution in [2.45, 2.75) is 46.6 Å². The Morgan fingerprint density at radius 2 is 2.22 bits per heavy atom. The van der Waals surface area contributed by atoms with E-state index in [1.807, 2.05) is 13.8 Å². The lowest BCUT2D eigenvalue weighted by Crippen LogP contribution is -2.39. The lowest BCUT2D eigenvalue weighted by atomic mass is 10.0. The molecule has 0 bridgehead atoms. The second kappa shape index (κ2) is 8.91. The highest BCUT2D eigenvalue weighted by molar-refractivity contribution is 5.79. The number of aliphatic imine (C=N–C) groups is 1. The summed E-state index contributed by atoms with van der Waals surface area (Å²) < 4.78 is 5.56. The number of nitrogens with one attached hydrogen (secondary N) is 2. The number of nitrogens with zero attached hydrogens (tertiary/aromatic N) is 3. The molecule has 1 saturated heterocycles. The van der Waals surface area contributed by atoms with Crippen molar-refractivity contribution in [2.24, 2.45) is 10.9 Å². The molecule has 6 heteroatoms. The molecule has 1 unspecified atom stereocenters. The highest BCUT2D eigenvalue weighted by Gasteiger charge is 2.15. The molecule has 0 radical (unpaired) electrons. The minimum absolute atomic E-state index is 0.554. The maximum absolute atomic E-state index is 5.56. The van der Waals surface area contributed by atoms with Crippen LogP contribution in [-0.4, -0.2) is 49.1 Å². The van der Waals surface area contributed by atoms with E-state index in [9.17, 15) is 0 Å². The minimum atomic E-state index is 0.554. The van der Waals surface area contributed by atoms with Gasteiger partial charge in [-0.2, -0.15) is 0 Å². The van der Waals surface area contributed by atoms with Gasteiger partial charge in [-0.25, -0.2) is 4.98 Å². The highest BCUT2D eigenvalue weighted by atomic mass is 16.4. The fraction of sp³-hybridized carbons (Fsp3) is 0.765. The van der Waals surface area contributed by atoms with Gasteiger partial charge in [-0.05, 0) is 52.1 Å². The van der Waals surface area contributed by atoms with Crippen LogP contribution >= 0.6 is 0 Å². The number of hydrogen-bond acceptors (Lipinski definition) is 4. The molecule has 2 N–H and O–H groups in total. The lowest BCUT2D eigenvalue weighted by molar-refractivity contribution is 0.182. The molecule has 23 heavy (non-hydrogen) atoms. The van der Waals surface area contributed by atoms with E-state index in [0.717, 1.165) is 42.8 Å². The fourth-order valence-corrected chi connectivity index (χ4v) is 2.99. The Kier molecular flexibility index (Phi) is 6.89. The van der Waals surface area contributed by atoms with E-state index in [4.69, 9.17) is 4.42 Å². The number of rotatable bonds is 6. The molecule has 1 aromatic rings. The monoisotopic (exact) mass is 321 g/mol. The Hall–Kier alpha value is -1.56. The molecule has 0 spiro atoms. The summed E-state index contributed by atoms with van der Waals surface area (Å²) in [6, 6.07) is 0. The van der Waals surface area contributed by atoms with Gasteiger partial charge in [-0.15, -0.1) is 0 Å². The van der Waals surface area contributed by atoms with Gasteiger partial charge < -0.3 is 20.0 Å². The third-order valence-corrected chi connectivity index (χ3v) is 4.39. The standard InChI is InChI=1S/C17H31N5O/c1-13-7-5-9-22(12-13)10-6-8-19-17(18-4)20-11-16-21-14(2)15(3)23-16/h13H,5-12H2,1-4H3,(H2,18,19,20). The molecule has 2 rings (SSSR count). The van der Waals surface area contributed by atoms with Gasteiger partial charge in [0.1, 0.15) is 5.76 Å². The molecular weight excluding hydrogens is 290 g/mol. The van der Waals surface area contributed by atoms with Gasteiger partial charge in [0.25, 0.3) is 0 Å². The van der Waals surface area contributed by atoms with Gasteiger partial charge in [0.05, 0.1) is 12.2 Å². The number of hydrogen-bond donors (Lipinski definition) is 2. The average molecular weight is 321 g/mol. The van der Waals surface area contributed by atoms with Crippen LogP contribution in [0.25, 0.3) is 0 Å². The van der Waals surface area contributed by atoms with Crippen molar-refractivity contribution in [3.8, 4) is 0 Å². The molecule has 1 fully saturated rings. The molecule has 1 aliphatic rings. The van der Waals surface area contributed by atoms with Crippen molar-refractivity contribution in [2.75, 3.05) is 33.2 Å². The summed E-state index contributed by atoms with van der Waals surface area (Å²) in [5.41, 5.74) is 0.945. The second-order valence-electron chi connectivity index (χ2n) is 6.50. The molecule has 1 aromatic heterocycles. The van der Waals surface area contributed by atoms with Crippen LogP contribution in [0.15, 0.2) is 9.41 Å². The van der Waals surface area contributed by atoms with E-state index < -0.39 is 0 Å². The number of piperidine rings is 1. The van der Waals surface area contributed by atoms with Crippen molar-refractivity contribution in [1.82, 2.24) is 20.5 Å². The van der Waals surface area contributed by atoms with Crippen molar-refractivity contribution in [3.05, 3.63) is 17.3 Å². The molecule has 0 saturated carbocycles. The van der Waals surface area contributed by atoms with Gasteiger partial charge in [0, 0.05) is 20.1 Å². The molecular formula is C17H31N5O. The van der Waals surface area contributed by atoms with Gasteiger partial charge >= 0.3 is 0 Å². The summed E-state index contributed by atoms with van der Waals surface area (Å²) in [6.07, 6.45) is 3.85. The molecule has 1 aliphatic heterocycles. The summed E-state index contributed by atoms with van der Waals surface area (Å²) in [7, 11) is 1.79. The second-order valence-corrected chi connectivity index (χ2v) is 6.50. The Morgan fingerprint density at radius 1 is 1.39 bits per heavy atom. The molecule has 2 heterocycles. The van der Waals surface area contributed by atoms with E-state index in [0.29, 0.717) is 12.4 Å². The predicted molar refractivity (Wildman–Crippen MR) is 93.6 cm³/mol. The zero-order chi connectivity index (χ0) is 16.7. The van der Waals surface area contributed by atoms with Crippen molar-refractivity contribution < 1.29 is 4.42 Å². The topological polar surface area (TPSA) is 65.7 Å². The van der Waals surface area contributed by atoms with E-state index in [1.54, 1.807) is 7.05 Å². The van der Waals surface area contributed by atoms with Crippen molar-refractivity contribution >= 4 is 5.96 Å². The number of aromatic nitrogens is 1. The van der Waals surface area contributed by atoms with Crippen molar-refractivity contribution in [3.63, 3.8) is 0 Å². The van der Waals surface area contributed by atoms with Gasteiger partial charge in [-0.3, -0.25) is 4.99 Å². The number of oxazole rings is 1. The zero-order valence-electron chi connectivity index (χ0n) is 15.0. The predicted octanol–water partition coefficient (Wildman–Crippen LogP) is 2.08. The summed E-state index contributed by atoms with van der Waals surface area (Å²) in [4.78, 5) is 11.2. The zero-order valence-corrected chi connectivity index (χ0v) is 15.0. The van der Waals surface area contributed by atoms with Crippen LogP contribution in [0, 0.1) is 19.8 Å². The Morgan fingerprint density at radius 3 is 2.87 bits per heavy atom. The molecule has 0 amide bonds. The highest BCUT2D eigenvalue weighted by Crippen LogP contribution is 2.15. The minimum Gasteiger partial charge on any atom is -0.444 e. The summed E-state index contributed by atoms with van der Waals surface area (Å²) >= 11 is 0. The summed E-state index contributed by atoms with van der Waals surface area (Å²) in [5, 5.41) is 6.60. The van der Waals surface area contributed by atoms with Gasteiger partial charge in [-0.1, -0.05) is 6.92 Å². The van der Waals surface area contributed by atoms with Gasteiger partial charge in [0.15, 0.2) is 5.96 Å². The first-order valence-corrected chi connectivity index (χ1v) is 8.68. The summed E-state index contributed by atoms with van der Waals surface area (Å²) in [5.74, 6) is 3.22. The number of likely N-dealkylation sites (tertiary alicyclic amines) is 1. The molecule has 130 valence electrons. The van der Waals surface area contributed by atoms with Crippen LogP contribution in [0.4, 0.5) is 0 Å². The van der Waals surface area contributed by atoms with Gasteiger partial charge in [0.2, 0.25) is 5.89 Å². The maximum Gasteiger partial charge on any atom is 0.214 e. The van der Waals surface area contributed by atoms with Crippen LogP contribution in [0.1, 0.15) is 43.5 Å². The molecule has 0 aromatic carbocycles. The van der Waals surface area contributed by atoms with Crippen LogP contribution in [0.5, 0.6) is 0 Å². The summed E-state index contributed by atoms with van der Waals surface area (Å²) in [6.45, 7) is 11.4. The van der Waals surface area contributed by atoms with E-state index in [-0.39, 0.29) is 0 Å². The smallest absolute Gasteiger partial charge is 0.214 e. The van der Waals surface area contributed by atoms with Crippen LogP contribution < -0.4 is 10.6 Å². The lowest BCUT2D eigenvalue weighted by Gasteiger charge is -2.30. The average Bonchev–Trinajstić information content (AvgIpc) is 2.85. The van der Waals surface area contributed by atoms with Crippen LogP contribution in [0.3, 0.4) is 0 Å². The first kappa shape index (κ1) is 17.8.